The van der Waals surface area contributed by atoms with Gasteiger partial charge in [0.05, 0.1) is 17.0 Å². The van der Waals surface area contributed by atoms with Gasteiger partial charge < -0.3 is 5.32 Å². The van der Waals surface area contributed by atoms with E-state index in [-0.39, 0.29) is 16.7 Å². The smallest absolute Gasteiger partial charge is 0.230 e. The number of nitriles is 1. The lowest BCUT2D eigenvalue weighted by atomic mass is 9.42. The lowest BCUT2D eigenvalue weighted by molar-refractivity contribution is -0.143. The predicted octanol–water partition coefficient (Wildman–Crippen LogP) is 6.00. The molecule has 29 heavy (non-hydrogen) atoms. The number of amides is 1. The Kier molecular flexibility index (Phi) is 4.26. The number of anilines is 1. The zero-order valence-electron chi connectivity index (χ0n) is 16.7. The maximum atomic E-state index is 13.6. The molecule has 2 unspecified atom stereocenters. The molecule has 0 radical (unpaired) electrons. The number of carbonyl (C=O) groups is 1. The highest BCUT2D eigenvalue weighted by Gasteiger charge is 2.60. The number of nitrogens with zero attached hydrogens (tertiary/aromatic N) is 1. The third-order valence-electron chi connectivity index (χ3n) is 7.60. The first-order valence-electron chi connectivity index (χ1n) is 10.5. The molecule has 2 atom stereocenters. The van der Waals surface area contributed by atoms with Gasteiger partial charge in [0.2, 0.25) is 5.91 Å². The van der Waals surface area contributed by atoms with Crippen LogP contribution in [0.3, 0.4) is 0 Å². The summed E-state index contributed by atoms with van der Waals surface area (Å²) in [5.41, 5.74) is 3.55. The lowest BCUT2D eigenvalue weighted by Gasteiger charge is -2.61. The Hall–Kier alpha value is -2.31. The van der Waals surface area contributed by atoms with Crippen molar-refractivity contribution in [1.29, 1.82) is 5.26 Å². The molecule has 1 N–H and O–H groups in total. The van der Waals surface area contributed by atoms with Gasteiger partial charge in [0, 0.05) is 10.7 Å². The summed E-state index contributed by atoms with van der Waals surface area (Å²) in [5, 5.41) is 13.1. The highest BCUT2D eigenvalue weighted by molar-refractivity contribution is 6.30. The second-order valence-corrected chi connectivity index (χ2v) is 10.1. The van der Waals surface area contributed by atoms with E-state index in [4.69, 9.17) is 16.9 Å². The zero-order valence-corrected chi connectivity index (χ0v) is 17.4. The van der Waals surface area contributed by atoms with Gasteiger partial charge in [-0.15, -0.1) is 0 Å². The first-order valence-corrected chi connectivity index (χ1v) is 10.9. The van der Waals surface area contributed by atoms with E-state index in [0.29, 0.717) is 17.4 Å². The van der Waals surface area contributed by atoms with Crippen molar-refractivity contribution < 1.29 is 4.79 Å². The van der Waals surface area contributed by atoms with Gasteiger partial charge in [0.25, 0.3) is 0 Å². The van der Waals surface area contributed by atoms with Crippen LogP contribution in [0.1, 0.15) is 55.2 Å². The molecule has 0 aromatic heterocycles. The summed E-state index contributed by atoms with van der Waals surface area (Å²) < 4.78 is 0. The van der Waals surface area contributed by atoms with E-state index >= 15 is 0 Å². The fraction of sp³-hybridized carbons (Fsp3) is 0.440. The van der Waals surface area contributed by atoms with Gasteiger partial charge >= 0.3 is 0 Å². The second-order valence-electron chi connectivity index (χ2n) is 9.62. The van der Waals surface area contributed by atoms with E-state index in [9.17, 15) is 4.79 Å². The molecule has 0 saturated heterocycles. The largest absolute Gasteiger partial charge is 0.325 e. The van der Waals surface area contributed by atoms with Gasteiger partial charge in [-0.3, -0.25) is 4.79 Å². The summed E-state index contributed by atoms with van der Waals surface area (Å²) in [6.45, 7) is 1.95. The van der Waals surface area contributed by atoms with Gasteiger partial charge in [0.1, 0.15) is 0 Å². The van der Waals surface area contributed by atoms with Crippen molar-refractivity contribution in [2.45, 2.75) is 50.9 Å². The van der Waals surface area contributed by atoms with Crippen molar-refractivity contribution >= 4 is 23.2 Å². The van der Waals surface area contributed by atoms with Crippen LogP contribution in [0.2, 0.25) is 5.02 Å². The second kappa shape index (κ2) is 6.61. The van der Waals surface area contributed by atoms with Gasteiger partial charge in [-0.2, -0.15) is 5.26 Å². The third-order valence-corrected chi connectivity index (χ3v) is 7.86. The molecule has 1 amide bonds. The minimum atomic E-state index is -0.288. The van der Waals surface area contributed by atoms with E-state index in [1.807, 2.05) is 31.2 Å². The van der Waals surface area contributed by atoms with Gasteiger partial charge in [0.15, 0.2) is 0 Å². The number of rotatable bonds is 3. The summed E-state index contributed by atoms with van der Waals surface area (Å²) in [6, 6.07) is 16.0. The molecule has 148 valence electrons. The Bertz CT molecular complexity index is 1010. The van der Waals surface area contributed by atoms with Gasteiger partial charge in [-0.05, 0) is 104 Å². The Labute approximate surface area is 177 Å². The molecule has 4 fully saturated rings. The molecule has 6 rings (SSSR count). The van der Waals surface area contributed by atoms with Crippen molar-refractivity contribution in [2.75, 3.05) is 5.32 Å². The van der Waals surface area contributed by atoms with Crippen molar-refractivity contribution in [2.24, 2.45) is 17.3 Å². The number of aryl methyl sites for hydroxylation is 1. The quantitative estimate of drug-likeness (QED) is 0.682. The molecule has 3 nitrogen and oxygen atoms in total. The molecule has 4 heteroatoms. The van der Waals surface area contributed by atoms with Crippen molar-refractivity contribution in [3.05, 3.63) is 64.2 Å². The summed E-state index contributed by atoms with van der Waals surface area (Å²) in [7, 11) is 0. The van der Waals surface area contributed by atoms with Crippen LogP contribution in [0.15, 0.2) is 42.5 Å². The maximum Gasteiger partial charge on any atom is 0.230 e. The number of hydrogen-bond donors (Lipinski definition) is 1. The van der Waals surface area contributed by atoms with E-state index in [1.165, 1.54) is 24.8 Å². The molecule has 0 spiro atoms. The SMILES string of the molecule is Cc1cc(C#N)ccc1NC(=O)C12CC3CC(C1)CC(c1ccc(Cl)cc1)(C3)C2. The maximum absolute atomic E-state index is 13.6. The average molecular weight is 405 g/mol. The highest BCUT2D eigenvalue weighted by Crippen LogP contribution is 2.66. The van der Waals surface area contributed by atoms with Gasteiger partial charge in [-0.1, -0.05) is 23.7 Å². The van der Waals surface area contributed by atoms with Crippen LogP contribution in [0, 0.1) is 35.5 Å². The minimum Gasteiger partial charge on any atom is -0.325 e. The van der Waals surface area contributed by atoms with Crippen molar-refractivity contribution in [3.8, 4) is 6.07 Å². The first kappa shape index (κ1) is 18.7. The fourth-order valence-electron chi connectivity index (χ4n) is 6.80. The Morgan fingerprint density at radius 2 is 1.79 bits per heavy atom. The van der Waals surface area contributed by atoms with Gasteiger partial charge in [-0.25, -0.2) is 0 Å². The first-order chi connectivity index (χ1) is 13.9. The zero-order chi connectivity index (χ0) is 20.2. The monoisotopic (exact) mass is 404 g/mol. The summed E-state index contributed by atoms with van der Waals surface area (Å²) in [6.07, 6.45) is 6.57. The molecule has 4 saturated carbocycles. The van der Waals surface area contributed by atoms with Crippen LogP contribution in [-0.4, -0.2) is 5.91 Å². The number of carbonyl (C=O) groups excluding carboxylic acids is 1. The highest BCUT2D eigenvalue weighted by atomic mass is 35.5. The molecule has 2 aromatic carbocycles. The van der Waals surface area contributed by atoms with E-state index < -0.39 is 0 Å². The minimum absolute atomic E-state index is 0.103. The molecule has 2 aromatic rings. The van der Waals surface area contributed by atoms with E-state index in [1.54, 1.807) is 6.07 Å². The molecule has 4 aliphatic carbocycles. The van der Waals surface area contributed by atoms with Crippen LogP contribution in [0.5, 0.6) is 0 Å². The lowest BCUT2D eigenvalue weighted by Crippen LogP contribution is -2.58. The van der Waals surface area contributed by atoms with Crippen molar-refractivity contribution in [3.63, 3.8) is 0 Å². The van der Waals surface area contributed by atoms with Crippen LogP contribution >= 0.6 is 11.6 Å². The Morgan fingerprint density at radius 3 is 2.41 bits per heavy atom. The predicted molar refractivity (Wildman–Crippen MR) is 115 cm³/mol. The Morgan fingerprint density at radius 1 is 1.10 bits per heavy atom. The number of benzene rings is 2. The van der Waals surface area contributed by atoms with E-state index in [2.05, 4.69) is 23.5 Å². The molecular formula is C25H25ClN2O. The molecule has 4 aliphatic rings. The van der Waals surface area contributed by atoms with Crippen LogP contribution in [-0.2, 0) is 10.2 Å². The van der Waals surface area contributed by atoms with E-state index in [0.717, 1.165) is 35.5 Å². The fourth-order valence-corrected chi connectivity index (χ4v) is 6.92. The molecule has 0 aliphatic heterocycles. The summed E-state index contributed by atoms with van der Waals surface area (Å²) in [4.78, 5) is 13.6. The molecule has 4 bridgehead atoms. The number of hydrogen-bond acceptors (Lipinski definition) is 2. The molecular weight excluding hydrogens is 380 g/mol. The third kappa shape index (κ3) is 3.06. The normalized spacial score (nSPS) is 32.0. The Balaban J connectivity index is 1.46. The summed E-state index contributed by atoms with van der Waals surface area (Å²) >= 11 is 6.14. The number of nitrogens with one attached hydrogen (secondary N) is 1. The average Bonchev–Trinajstić information content (AvgIpc) is 2.69. The van der Waals surface area contributed by atoms with Crippen LogP contribution in [0.25, 0.3) is 0 Å². The van der Waals surface area contributed by atoms with Crippen molar-refractivity contribution in [1.82, 2.24) is 0 Å². The summed E-state index contributed by atoms with van der Waals surface area (Å²) in [5.74, 6) is 1.41. The molecule has 0 heterocycles. The standard InChI is InChI=1S/C25H25ClN2O/c1-16-8-17(14-27)2-7-22(16)28-23(29)25-12-18-9-19(13-25)11-24(10-18,15-25)20-3-5-21(26)6-4-20/h2-8,18-19H,9-13,15H2,1H3,(H,28,29). The van der Waals surface area contributed by atoms with Crippen LogP contribution < -0.4 is 5.32 Å². The topological polar surface area (TPSA) is 52.9 Å². The van der Waals surface area contributed by atoms with Crippen LogP contribution in [0.4, 0.5) is 5.69 Å². The number of halogens is 1.